The standard InChI is InChI=1S/C10H9N5O2/c1-17-9(16)8-13-10(15-14-8)12-6-7-3-2-4-11-5-7/h2-6H,1H3,(H,13,14,15)/b12-6+. The summed E-state index contributed by atoms with van der Waals surface area (Å²) in [6.07, 6.45) is 4.87. The van der Waals surface area contributed by atoms with Crippen LogP contribution in [0.1, 0.15) is 16.2 Å². The predicted molar refractivity (Wildman–Crippen MR) is 59.2 cm³/mol. The summed E-state index contributed by atoms with van der Waals surface area (Å²) in [6.45, 7) is 0. The van der Waals surface area contributed by atoms with Gasteiger partial charge >= 0.3 is 5.97 Å². The van der Waals surface area contributed by atoms with Crippen molar-refractivity contribution in [2.24, 2.45) is 4.99 Å². The normalized spacial score (nSPS) is 10.6. The summed E-state index contributed by atoms with van der Waals surface area (Å²) in [5.74, 6) is -0.402. The fourth-order valence-corrected chi connectivity index (χ4v) is 1.08. The number of carbonyl (C=O) groups is 1. The van der Waals surface area contributed by atoms with Crippen LogP contribution in [0, 0.1) is 0 Å². The van der Waals surface area contributed by atoms with E-state index in [1.807, 2.05) is 6.07 Å². The number of hydrogen-bond acceptors (Lipinski definition) is 6. The van der Waals surface area contributed by atoms with Crippen molar-refractivity contribution in [3.8, 4) is 0 Å². The molecule has 2 heterocycles. The van der Waals surface area contributed by atoms with E-state index in [0.717, 1.165) is 5.56 Å². The number of aromatic nitrogens is 4. The van der Waals surface area contributed by atoms with Gasteiger partial charge in [-0.2, -0.15) is 4.98 Å². The number of carbonyl (C=O) groups excluding carboxylic acids is 1. The van der Waals surface area contributed by atoms with Crippen molar-refractivity contribution in [1.82, 2.24) is 20.2 Å². The van der Waals surface area contributed by atoms with Gasteiger partial charge in [-0.1, -0.05) is 6.07 Å². The van der Waals surface area contributed by atoms with Crippen LogP contribution in [0.15, 0.2) is 29.5 Å². The Balaban J connectivity index is 2.12. The summed E-state index contributed by atoms with van der Waals surface area (Å²) in [7, 11) is 1.27. The highest BCUT2D eigenvalue weighted by atomic mass is 16.5. The summed E-state index contributed by atoms with van der Waals surface area (Å²) in [6, 6.07) is 3.63. The van der Waals surface area contributed by atoms with Gasteiger partial charge in [0.2, 0.25) is 5.82 Å². The molecule has 0 aliphatic heterocycles. The average molecular weight is 231 g/mol. The van der Waals surface area contributed by atoms with Crippen molar-refractivity contribution in [2.45, 2.75) is 0 Å². The number of methoxy groups -OCH3 is 1. The first-order valence-electron chi connectivity index (χ1n) is 4.74. The van der Waals surface area contributed by atoms with Crippen molar-refractivity contribution >= 4 is 18.1 Å². The number of nitrogens with zero attached hydrogens (tertiary/aromatic N) is 4. The molecule has 0 spiro atoms. The number of rotatable bonds is 3. The number of nitrogens with one attached hydrogen (secondary N) is 1. The molecular weight excluding hydrogens is 222 g/mol. The van der Waals surface area contributed by atoms with Gasteiger partial charge in [0, 0.05) is 24.2 Å². The number of H-pyrrole nitrogens is 1. The summed E-state index contributed by atoms with van der Waals surface area (Å²) < 4.78 is 4.48. The Bertz CT molecular complexity index is 535. The molecule has 2 aromatic heterocycles. The van der Waals surface area contributed by atoms with Crippen LogP contribution in [0.2, 0.25) is 0 Å². The maximum Gasteiger partial charge on any atom is 0.375 e. The van der Waals surface area contributed by atoms with E-state index in [9.17, 15) is 4.79 Å². The third-order valence-corrected chi connectivity index (χ3v) is 1.87. The second-order valence-corrected chi connectivity index (χ2v) is 3.02. The Morgan fingerprint density at radius 1 is 1.59 bits per heavy atom. The van der Waals surface area contributed by atoms with Gasteiger partial charge in [-0.15, -0.1) is 5.10 Å². The second-order valence-electron chi connectivity index (χ2n) is 3.02. The molecule has 0 aliphatic rings. The number of ether oxygens (including phenoxy) is 1. The van der Waals surface area contributed by atoms with Gasteiger partial charge in [-0.3, -0.25) is 10.1 Å². The lowest BCUT2D eigenvalue weighted by Gasteiger charge is -1.89. The first-order chi connectivity index (χ1) is 8.29. The first-order valence-corrected chi connectivity index (χ1v) is 4.74. The Morgan fingerprint density at radius 2 is 2.47 bits per heavy atom. The molecule has 7 heteroatoms. The Morgan fingerprint density at radius 3 is 3.18 bits per heavy atom. The molecule has 0 bridgehead atoms. The number of hydrogen-bond donors (Lipinski definition) is 1. The summed E-state index contributed by atoms with van der Waals surface area (Å²) >= 11 is 0. The van der Waals surface area contributed by atoms with Gasteiger partial charge in [0.15, 0.2) is 0 Å². The molecule has 0 atom stereocenters. The van der Waals surface area contributed by atoms with Crippen LogP contribution >= 0.6 is 0 Å². The van der Waals surface area contributed by atoms with Gasteiger partial charge in [-0.05, 0) is 6.07 Å². The van der Waals surface area contributed by atoms with Crippen molar-refractivity contribution < 1.29 is 9.53 Å². The zero-order valence-electron chi connectivity index (χ0n) is 8.99. The van der Waals surface area contributed by atoms with E-state index in [1.54, 1.807) is 24.7 Å². The highest BCUT2D eigenvalue weighted by Gasteiger charge is 2.10. The van der Waals surface area contributed by atoms with Crippen molar-refractivity contribution in [1.29, 1.82) is 0 Å². The number of aromatic amines is 1. The molecule has 0 amide bonds. The molecule has 0 unspecified atom stereocenters. The molecule has 2 aromatic rings. The predicted octanol–water partition coefficient (Wildman–Crippen LogP) is 0.737. The van der Waals surface area contributed by atoms with E-state index < -0.39 is 5.97 Å². The number of aliphatic imine (C=N–C) groups is 1. The van der Waals surface area contributed by atoms with Crippen LogP contribution in [-0.4, -0.2) is 39.5 Å². The molecule has 7 nitrogen and oxygen atoms in total. The van der Waals surface area contributed by atoms with Crippen LogP contribution in [0.25, 0.3) is 0 Å². The molecule has 0 radical (unpaired) electrons. The minimum atomic E-state index is -0.583. The van der Waals surface area contributed by atoms with Crippen molar-refractivity contribution in [2.75, 3.05) is 7.11 Å². The van der Waals surface area contributed by atoms with Crippen LogP contribution < -0.4 is 0 Å². The highest BCUT2D eigenvalue weighted by Crippen LogP contribution is 2.04. The van der Waals surface area contributed by atoms with Crippen molar-refractivity contribution in [3.63, 3.8) is 0 Å². The maximum absolute atomic E-state index is 11.1. The van der Waals surface area contributed by atoms with Gasteiger partial charge in [-0.25, -0.2) is 9.79 Å². The van der Waals surface area contributed by atoms with E-state index in [0.29, 0.717) is 0 Å². The number of pyridine rings is 1. The molecule has 2 rings (SSSR count). The third kappa shape index (κ3) is 2.71. The van der Waals surface area contributed by atoms with E-state index in [1.165, 1.54) is 7.11 Å². The lowest BCUT2D eigenvalue weighted by molar-refractivity contribution is 0.0587. The molecule has 86 valence electrons. The van der Waals surface area contributed by atoms with E-state index in [-0.39, 0.29) is 11.8 Å². The lowest BCUT2D eigenvalue weighted by atomic mass is 10.3. The number of esters is 1. The van der Waals surface area contributed by atoms with Crippen LogP contribution in [0.5, 0.6) is 0 Å². The fraction of sp³-hybridized carbons (Fsp3) is 0.100. The topological polar surface area (TPSA) is 93.1 Å². The minimum Gasteiger partial charge on any atom is -0.463 e. The smallest absolute Gasteiger partial charge is 0.375 e. The van der Waals surface area contributed by atoms with Gasteiger partial charge < -0.3 is 4.74 Å². The fourth-order valence-electron chi connectivity index (χ4n) is 1.08. The SMILES string of the molecule is COC(=O)c1nc(/N=C/c2cccnc2)n[nH]1. The van der Waals surface area contributed by atoms with Crippen LogP contribution in [0.3, 0.4) is 0 Å². The van der Waals surface area contributed by atoms with Crippen LogP contribution in [0.4, 0.5) is 5.95 Å². The molecule has 0 aromatic carbocycles. The average Bonchev–Trinajstić information content (AvgIpc) is 2.85. The molecular formula is C10H9N5O2. The first kappa shape index (κ1) is 10.9. The Hall–Kier alpha value is -2.57. The highest BCUT2D eigenvalue weighted by molar-refractivity contribution is 5.85. The monoisotopic (exact) mass is 231 g/mol. The zero-order valence-corrected chi connectivity index (χ0v) is 8.99. The van der Waals surface area contributed by atoms with E-state index in [4.69, 9.17) is 0 Å². The van der Waals surface area contributed by atoms with Gasteiger partial charge in [0.05, 0.1) is 7.11 Å². The summed E-state index contributed by atoms with van der Waals surface area (Å²) in [5.41, 5.74) is 0.817. The van der Waals surface area contributed by atoms with Gasteiger partial charge in [0.25, 0.3) is 5.95 Å². The maximum atomic E-state index is 11.1. The van der Waals surface area contributed by atoms with Gasteiger partial charge in [0.1, 0.15) is 0 Å². The molecule has 1 N–H and O–H groups in total. The summed E-state index contributed by atoms with van der Waals surface area (Å²) in [5, 5.41) is 6.17. The zero-order chi connectivity index (χ0) is 12.1. The molecule has 0 saturated carbocycles. The Kier molecular flexibility index (Phi) is 3.20. The van der Waals surface area contributed by atoms with E-state index in [2.05, 4.69) is 29.9 Å². The van der Waals surface area contributed by atoms with Crippen molar-refractivity contribution in [3.05, 3.63) is 35.9 Å². The molecule has 0 fully saturated rings. The lowest BCUT2D eigenvalue weighted by Crippen LogP contribution is -2.03. The largest absolute Gasteiger partial charge is 0.463 e. The van der Waals surface area contributed by atoms with E-state index >= 15 is 0 Å². The molecule has 0 aliphatic carbocycles. The third-order valence-electron chi connectivity index (χ3n) is 1.87. The second kappa shape index (κ2) is 4.97. The van der Waals surface area contributed by atoms with Crippen LogP contribution in [-0.2, 0) is 4.74 Å². The molecule has 0 saturated heterocycles. The molecule has 17 heavy (non-hydrogen) atoms. The minimum absolute atomic E-state index is 0.0193. The summed E-state index contributed by atoms with van der Waals surface area (Å²) in [4.78, 5) is 22.8. The Labute approximate surface area is 96.6 Å². The quantitative estimate of drug-likeness (QED) is 0.621.